The summed E-state index contributed by atoms with van der Waals surface area (Å²) in [5.41, 5.74) is 0. The number of carbonyl (C=O) groups excluding carboxylic acids is 1. The Morgan fingerprint density at radius 3 is 2.31 bits per heavy atom. The van der Waals surface area contributed by atoms with Crippen molar-refractivity contribution in [2.45, 2.75) is 13.8 Å². The topological polar surface area (TPSA) is 92.5 Å². The molecule has 0 saturated carbocycles. The van der Waals surface area contributed by atoms with Gasteiger partial charge in [0.05, 0.1) is 6.54 Å². The van der Waals surface area contributed by atoms with Crippen LogP contribution in [0.25, 0.3) is 0 Å². The molecule has 0 fully saturated rings. The first-order chi connectivity index (χ1) is 5.91. The molecule has 0 unspecified atom stereocenters. The average molecular weight is 209 g/mol. The Balaban J connectivity index is 4.23. The predicted molar refractivity (Wildman–Crippen MR) is 49.0 cm³/mol. The van der Waals surface area contributed by atoms with E-state index in [1.807, 2.05) is 0 Å². The van der Waals surface area contributed by atoms with Crippen molar-refractivity contribution in [2.24, 2.45) is 5.14 Å². The fourth-order valence-corrected chi connectivity index (χ4v) is 1.45. The van der Waals surface area contributed by atoms with E-state index in [0.717, 1.165) is 4.31 Å². The molecule has 78 valence electrons. The van der Waals surface area contributed by atoms with Crippen LogP contribution in [0.15, 0.2) is 0 Å². The van der Waals surface area contributed by atoms with Crippen LogP contribution in [0.2, 0.25) is 0 Å². The van der Waals surface area contributed by atoms with Gasteiger partial charge in [-0.3, -0.25) is 4.79 Å². The van der Waals surface area contributed by atoms with E-state index in [1.54, 1.807) is 13.8 Å². The van der Waals surface area contributed by atoms with Gasteiger partial charge in [0.15, 0.2) is 0 Å². The Bertz CT molecular complexity index is 262. The minimum atomic E-state index is -3.76. The van der Waals surface area contributed by atoms with Gasteiger partial charge in [-0.05, 0) is 6.92 Å². The molecule has 0 aliphatic carbocycles. The third kappa shape index (κ3) is 4.81. The Kier molecular flexibility index (Phi) is 4.89. The van der Waals surface area contributed by atoms with Crippen LogP contribution in [-0.4, -0.2) is 38.3 Å². The molecule has 6 nitrogen and oxygen atoms in total. The van der Waals surface area contributed by atoms with Gasteiger partial charge in [0, 0.05) is 13.1 Å². The van der Waals surface area contributed by atoms with E-state index in [1.165, 1.54) is 0 Å². The normalized spacial score (nSPS) is 11.7. The Morgan fingerprint density at radius 2 is 2.00 bits per heavy atom. The number of likely N-dealkylation sites (N-methyl/N-ethyl adjacent to an activating group) is 2. The van der Waals surface area contributed by atoms with E-state index in [4.69, 9.17) is 5.14 Å². The molecule has 0 radical (unpaired) electrons. The zero-order chi connectivity index (χ0) is 10.5. The first-order valence-electron chi connectivity index (χ1n) is 3.96. The zero-order valence-corrected chi connectivity index (χ0v) is 8.60. The van der Waals surface area contributed by atoms with Gasteiger partial charge in [0.2, 0.25) is 5.91 Å². The first-order valence-corrected chi connectivity index (χ1v) is 5.46. The molecular formula is C6H15N3O3S. The van der Waals surface area contributed by atoms with Crippen molar-refractivity contribution < 1.29 is 13.2 Å². The lowest BCUT2D eigenvalue weighted by Gasteiger charge is -2.15. The highest BCUT2D eigenvalue weighted by atomic mass is 32.2. The predicted octanol–water partition coefficient (Wildman–Crippen LogP) is -1.35. The van der Waals surface area contributed by atoms with Crippen LogP contribution in [0.4, 0.5) is 0 Å². The van der Waals surface area contributed by atoms with Crippen LogP contribution in [0.5, 0.6) is 0 Å². The zero-order valence-electron chi connectivity index (χ0n) is 7.78. The van der Waals surface area contributed by atoms with Crippen molar-refractivity contribution >= 4 is 16.1 Å². The van der Waals surface area contributed by atoms with Crippen molar-refractivity contribution in [3.8, 4) is 0 Å². The van der Waals surface area contributed by atoms with Crippen molar-refractivity contribution in [3.63, 3.8) is 0 Å². The lowest BCUT2D eigenvalue weighted by molar-refractivity contribution is -0.121. The summed E-state index contributed by atoms with van der Waals surface area (Å²) < 4.78 is 22.6. The molecule has 3 N–H and O–H groups in total. The van der Waals surface area contributed by atoms with Crippen molar-refractivity contribution in [3.05, 3.63) is 0 Å². The third-order valence-electron chi connectivity index (χ3n) is 1.41. The first kappa shape index (κ1) is 12.3. The highest BCUT2D eigenvalue weighted by Gasteiger charge is 2.17. The van der Waals surface area contributed by atoms with Crippen LogP contribution in [0.1, 0.15) is 13.8 Å². The second-order valence-electron chi connectivity index (χ2n) is 2.42. The highest BCUT2D eigenvalue weighted by molar-refractivity contribution is 7.86. The van der Waals surface area contributed by atoms with E-state index in [2.05, 4.69) is 5.32 Å². The van der Waals surface area contributed by atoms with Gasteiger partial charge >= 0.3 is 0 Å². The number of nitrogens with two attached hydrogens (primary N) is 1. The Labute approximate surface area is 78.3 Å². The number of nitrogens with zero attached hydrogens (tertiary/aromatic N) is 1. The fourth-order valence-electron chi connectivity index (χ4n) is 0.795. The summed E-state index contributed by atoms with van der Waals surface area (Å²) in [5.74, 6) is -0.349. The van der Waals surface area contributed by atoms with E-state index in [9.17, 15) is 13.2 Å². The molecule has 0 aliphatic rings. The maximum atomic E-state index is 11.0. The lowest BCUT2D eigenvalue weighted by Crippen LogP contribution is -2.43. The molecule has 0 aliphatic heterocycles. The summed E-state index contributed by atoms with van der Waals surface area (Å²) in [7, 11) is -3.76. The molecule has 0 aromatic heterocycles. The summed E-state index contributed by atoms with van der Waals surface area (Å²) in [4.78, 5) is 11.0. The molecule has 0 atom stereocenters. The number of rotatable bonds is 5. The molecule has 1 amide bonds. The molecule has 0 rings (SSSR count). The Hall–Kier alpha value is -0.660. The van der Waals surface area contributed by atoms with Crippen LogP contribution in [0.3, 0.4) is 0 Å². The number of hydrogen-bond acceptors (Lipinski definition) is 3. The smallest absolute Gasteiger partial charge is 0.277 e. The Morgan fingerprint density at radius 1 is 1.46 bits per heavy atom. The van der Waals surface area contributed by atoms with E-state index in [-0.39, 0.29) is 19.0 Å². The van der Waals surface area contributed by atoms with E-state index >= 15 is 0 Å². The van der Waals surface area contributed by atoms with Crippen LogP contribution < -0.4 is 10.5 Å². The van der Waals surface area contributed by atoms with E-state index in [0.29, 0.717) is 6.54 Å². The van der Waals surface area contributed by atoms with Gasteiger partial charge < -0.3 is 5.32 Å². The molecule has 0 aromatic rings. The standard InChI is InChI=1S/C6H15N3O3S/c1-3-8-6(10)5-9(4-2)13(7,11)12/h3-5H2,1-2H3,(H,8,10)(H2,7,11,12). The summed E-state index contributed by atoms with van der Waals surface area (Å²) in [6.45, 7) is 3.81. The second kappa shape index (κ2) is 5.15. The second-order valence-corrected chi connectivity index (χ2v) is 3.97. The van der Waals surface area contributed by atoms with Gasteiger partial charge in [0.1, 0.15) is 0 Å². The minimum Gasteiger partial charge on any atom is -0.355 e. The number of carbonyl (C=O) groups is 1. The van der Waals surface area contributed by atoms with E-state index < -0.39 is 10.2 Å². The molecule has 0 heterocycles. The summed E-state index contributed by atoms with van der Waals surface area (Å²) in [5, 5.41) is 7.33. The summed E-state index contributed by atoms with van der Waals surface area (Å²) >= 11 is 0. The molecule has 13 heavy (non-hydrogen) atoms. The molecule has 0 saturated heterocycles. The molecular weight excluding hydrogens is 194 g/mol. The van der Waals surface area contributed by atoms with Gasteiger partial charge in [-0.2, -0.15) is 12.7 Å². The maximum Gasteiger partial charge on any atom is 0.277 e. The van der Waals surface area contributed by atoms with Crippen molar-refractivity contribution in [2.75, 3.05) is 19.6 Å². The van der Waals surface area contributed by atoms with Crippen LogP contribution in [0, 0.1) is 0 Å². The molecule has 0 spiro atoms. The molecule has 0 aromatic carbocycles. The number of amides is 1. The SMILES string of the molecule is CCNC(=O)CN(CC)S(N)(=O)=O. The van der Waals surface area contributed by atoms with Gasteiger partial charge in [-0.15, -0.1) is 0 Å². The molecule has 0 bridgehead atoms. The van der Waals surface area contributed by atoms with Crippen LogP contribution >= 0.6 is 0 Å². The van der Waals surface area contributed by atoms with Gasteiger partial charge in [-0.25, -0.2) is 5.14 Å². The average Bonchev–Trinajstić information content (AvgIpc) is 1.98. The third-order valence-corrected chi connectivity index (χ3v) is 2.51. The number of hydrogen-bond donors (Lipinski definition) is 2. The quantitative estimate of drug-likeness (QED) is 0.586. The largest absolute Gasteiger partial charge is 0.355 e. The monoisotopic (exact) mass is 209 g/mol. The fraction of sp³-hybridized carbons (Fsp3) is 0.833. The number of nitrogens with one attached hydrogen (secondary N) is 1. The van der Waals surface area contributed by atoms with Crippen molar-refractivity contribution in [1.82, 2.24) is 9.62 Å². The maximum absolute atomic E-state index is 11.0. The lowest BCUT2D eigenvalue weighted by atomic mass is 10.5. The van der Waals surface area contributed by atoms with Gasteiger partial charge in [0.25, 0.3) is 10.2 Å². The summed E-state index contributed by atoms with van der Waals surface area (Å²) in [6, 6.07) is 0. The highest BCUT2D eigenvalue weighted by Crippen LogP contribution is 1.92. The summed E-state index contributed by atoms with van der Waals surface area (Å²) in [6.07, 6.45) is 0. The van der Waals surface area contributed by atoms with Crippen molar-refractivity contribution in [1.29, 1.82) is 0 Å². The van der Waals surface area contributed by atoms with Gasteiger partial charge in [-0.1, -0.05) is 6.92 Å². The minimum absolute atomic E-state index is 0.190. The molecule has 7 heteroatoms. The van der Waals surface area contributed by atoms with Crippen LogP contribution in [-0.2, 0) is 15.0 Å².